The third-order valence-corrected chi connectivity index (χ3v) is 3.40. The molecule has 0 saturated carbocycles. The molecule has 4 heteroatoms. The number of nitro benzene ring substituents is 1. The van der Waals surface area contributed by atoms with Gasteiger partial charge in [-0.25, -0.2) is 0 Å². The zero-order valence-electron chi connectivity index (χ0n) is 9.59. The molecular weight excluding hydrogens is 230 g/mol. The van der Waals surface area contributed by atoms with Crippen LogP contribution in [0.5, 0.6) is 0 Å². The molecule has 18 heavy (non-hydrogen) atoms. The Kier molecular flexibility index (Phi) is 2.38. The van der Waals surface area contributed by atoms with Crippen LogP contribution in [0.1, 0.15) is 16.7 Å². The van der Waals surface area contributed by atoms with E-state index in [-0.39, 0.29) is 17.2 Å². The van der Waals surface area contributed by atoms with Gasteiger partial charge in [-0.05, 0) is 40.3 Å². The first-order valence-electron chi connectivity index (χ1n) is 5.70. The first-order chi connectivity index (χ1) is 8.70. The summed E-state index contributed by atoms with van der Waals surface area (Å²) in [4.78, 5) is 10.4. The van der Waals surface area contributed by atoms with E-state index in [1.54, 1.807) is 12.1 Å². The molecule has 1 aliphatic carbocycles. The molecule has 0 unspecified atom stereocenters. The maximum absolute atomic E-state index is 10.8. The molecule has 0 bridgehead atoms. The van der Waals surface area contributed by atoms with Crippen LogP contribution in [0.15, 0.2) is 36.4 Å². The Balaban J connectivity index is 2.16. The normalized spacial score (nSPS) is 12.1. The monoisotopic (exact) mass is 241 g/mol. The summed E-state index contributed by atoms with van der Waals surface area (Å²) in [6, 6.07) is 10.7. The summed E-state index contributed by atoms with van der Waals surface area (Å²) in [7, 11) is 0. The highest BCUT2D eigenvalue weighted by Crippen LogP contribution is 2.39. The van der Waals surface area contributed by atoms with Gasteiger partial charge in [0.05, 0.1) is 11.5 Å². The predicted molar refractivity (Wildman–Crippen MR) is 67.3 cm³/mol. The highest BCUT2D eigenvalue weighted by atomic mass is 16.6. The van der Waals surface area contributed by atoms with Crippen molar-refractivity contribution in [2.24, 2.45) is 0 Å². The number of nitrogens with zero attached hydrogens (tertiary/aromatic N) is 1. The Morgan fingerprint density at radius 3 is 2.78 bits per heavy atom. The lowest BCUT2D eigenvalue weighted by molar-refractivity contribution is -0.384. The molecule has 2 aromatic carbocycles. The Bertz CT molecular complexity index is 649. The summed E-state index contributed by atoms with van der Waals surface area (Å²) >= 11 is 0. The van der Waals surface area contributed by atoms with Gasteiger partial charge in [0.2, 0.25) is 0 Å². The summed E-state index contributed by atoms with van der Waals surface area (Å²) < 4.78 is 0. The minimum atomic E-state index is -0.379. The molecular formula is C14H11NO3. The van der Waals surface area contributed by atoms with E-state index < -0.39 is 0 Å². The molecule has 0 aromatic heterocycles. The molecule has 1 N–H and O–H groups in total. The summed E-state index contributed by atoms with van der Waals surface area (Å²) in [5, 5.41) is 20.1. The molecule has 4 nitrogen and oxygen atoms in total. The highest BCUT2D eigenvalue weighted by molar-refractivity contribution is 5.78. The van der Waals surface area contributed by atoms with Crippen molar-refractivity contribution in [1.29, 1.82) is 0 Å². The van der Waals surface area contributed by atoms with Gasteiger partial charge in [-0.3, -0.25) is 10.1 Å². The van der Waals surface area contributed by atoms with E-state index in [0.717, 1.165) is 27.8 Å². The second kappa shape index (κ2) is 3.92. The molecule has 0 amide bonds. The molecule has 0 radical (unpaired) electrons. The fourth-order valence-electron chi connectivity index (χ4n) is 2.54. The second-order valence-electron chi connectivity index (χ2n) is 4.38. The topological polar surface area (TPSA) is 63.4 Å². The van der Waals surface area contributed by atoms with Gasteiger partial charge in [-0.1, -0.05) is 18.2 Å². The number of non-ortho nitro benzene ring substituents is 1. The Morgan fingerprint density at radius 2 is 2.06 bits per heavy atom. The average molecular weight is 241 g/mol. The fraction of sp³-hybridized carbons (Fsp3) is 0.143. The van der Waals surface area contributed by atoms with Gasteiger partial charge in [0, 0.05) is 12.1 Å². The number of aliphatic hydroxyl groups is 1. The van der Waals surface area contributed by atoms with Crippen molar-refractivity contribution in [1.82, 2.24) is 0 Å². The van der Waals surface area contributed by atoms with Gasteiger partial charge in [-0.15, -0.1) is 0 Å². The largest absolute Gasteiger partial charge is 0.392 e. The third-order valence-electron chi connectivity index (χ3n) is 3.40. The number of fused-ring (bicyclic) bond motifs is 3. The van der Waals surface area contributed by atoms with Crippen molar-refractivity contribution in [3.05, 3.63) is 63.2 Å². The van der Waals surface area contributed by atoms with Crippen LogP contribution in [0.25, 0.3) is 11.1 Å². The lowest BCUT2D eigenvalue weighted by Gasteiger charge is -2.04. The van der Waals surface area contributed by atoms with Crippen molar-refractivity contribution in [2.75, 3.05) is 0 Å². The minimum absolute atomic E-state index is 0.000739. The average Bonchev–Trinajstić information content (AvgIpc) is 2.75. The quantitative estimate of drug-likeness (QED) is 0.554. The molecule has 0 fully saturated rings. The van der Waals surface area contributed by atoms with Crippen LogP contribution in [-0.2, 0) is 13.0 Å². The number of hydrogen-bond donors (Lipinski definition) is 1. The molecule has 0 atom stereocenters. The zero-order valence-corrected chi connectivity index (χ0v) is 9.59. The molecule has 2 aromatic rings. The van der Waals surface area contributed by atoms with E-state index >= 15 is 0 Å². The van der Waals surface area contributed by atoms with Gasteiger partial charge in [0.25, 0.3) is 5.69 Å². The number of nitro groups is 1. The first kappa shape index (κ1) is 10.9. The van der Waals surface area contributed by atoms with Gasteiger partial charge in [-0.2, -0.15) is 0 Å². The molecule has 90 valence electrons. The summed E-state index contributed by atoms with van der Waals surface area (Å²) in [5.74, 6) is 0. The van der Waals surface area contributed by atoms with Crippen LogP contribution in [0, 0.1) is 10.1 Å². The van der Waals surface area contributed by atoms with E-state index in [0.29, 0.717) is 6.42 Å². The Morgan fingerprint density at radius 1 is 1.22 bits per heavy atom. The predicted octanol–water partition coefficient (Wildman–Crippen LogP) is 2.66. The molecule has 1 aliphatic rings. The number of rotatable bonds is 2. The van der Waals surface area contributed by atoms with Gasteiger partial charge in [0.15, 0.2) is 0 Å². The number of benzene rings is 2. The van der Waals surface area contributed by atoms with E-state index in [1.165, 1.54) is 6.07 Å². The van der Waals surface area contributed by atoms with Crippen LogP contribution in [0.3, 0.4) is 0 Å². The molecule has 0 saturated heterocycles. The van der Waals surface area contributed by atoms with Crippen LogP contribution < -0.4 is 0 Å². The van der Waals surface area contributed by atoms with Crippen LogP contribution in [0.2, 0.25) is 0 Å². The maximum Gasteiger partial charge on any atom is 0.269 e. The third kappa shape index (κ3) is 1.50. The molecule has 0 aliphatic heterocycles. The van der Waals surface area contributed by atoms with Crippen LogP contribution in [0.4, 0.5) is 5.69 Å². The summed E-state index contributed by atoms with van der Waals surface area (Å²) in [6.07, 6.45) is 0.656. The van der Waals surface area contributed by atoms with Crippen molar-refractivity contribution in [2.45, 2.75) is 13.0 Å². The Hall–Kier alpha value is -2.20. The van der Waals surface area contributed by atoms with E-state index in [9.17, 15) is 15.2 Å². The number of aliphatic hydroxyl groups excluding tert-OH is 1. The summed E-state index contributed by atoms with van der Waals surface area (Å²) in [6.45, 7) is -0.000739. The molecule has 0 spiro atoms. The fourth-order valence-corrected chi connectivity index (χ4v) is 2.54. The van der Waals surface area contributed by atoms with Crippen LogP contribution >= 0.6 is 0 Å². The van der Waals surface area contributed by atoms with Crippen molar-refractivity contribution >= 4 is 5.69 Å². The summed E-state index contributed by atoms with van der Waals surface area (Å²) in [5.41, 5.74) is 5.16. The maximum atomic E-state index is 10.8. The van der Waals surface area contributed by atoms with Crippen molar-refractivity contribution < 1.29 is 10.0 Å². The Labute approximate surface area is 104 Å². The van der Waals surface area contributed by atoms with Crippen molar-refractivity contribution in [3.8, 4) is 11.1 Å². The van der Waals surface area contributed by atoms with E-state index in [4.69, 9.17) is 0 Å². The second-order valence-corrected chi connectivity index (χ2v) is 4.38. The lowest BCUT2D eigenvalue weighted by Crippen LogP contribution is -1.92. The molecule has 3 rings (SSSR count). The minimum Gasteiger partial charge on any atom is -0.392 e. The SMILES string of the molecule is O=[N+]([O-])c1ccc2c(c1)Cc1c(CO)cccc1-2. The smallest absolute Gasteiger partial charge is 0.269 e. The van der Waals surface area contributed by atoms with Crippen LogP contribution in [-0.4, -0.2) is 10.0 Å². The van der Waals surface area contributed by atoms with Crippen molar-refractivity contribution in [3.63, 3.8) is 0 Å². The van der Waals surface area contributed by atoms with Gasteiger partial charge < -0.3 is 5.11 Å². The molecule has 0 heterocycles. The first-order valence-corrected chi connectivity index (χ1v) is 5.70. The highest BCUT2D eigenvalue weighted by Gasteiger charge is 2.22. The lowest BCUT2D eigenvalue weighted by atomic mass is 10.0. The van der Waals surface area contributed by atoms with Gasteiger partial charge >= 0.3 is 0 Å². The number of hydrogen-bond acceptors (Lipinski definition) is 3. The van der Waals surface area contributed by atoms with Gasteiger partial charge in [0.1, 0.15) is 0 Å². The standard InChI is InChI=1S/C14H11NO3/c16-8-9-2-1-3-13-12-5-4-11(15(17)18)6-10(12)7-14(9)13/h1-6,16H,7-8H2. The van der Waals surface area contributed by atoms with E-state index in [1.807, 2.05) is 18.2 Å². The van der Waals surface area contributed by atoms with E-state index in [2.05, 4.69) is 0 Å². The zero-order chi connectivity index (χ0) is 12.7.